The summed E-state index contributed by atoms with van der Waals surface area (Å²) in [4.78, 5) is 23.3. The molecular weight excluding hydrogens is 256 g/mol. The van der Waals surface area contributed by atoms with Crippen LogP contribution >= 0.6 is 11.6 Å². The van der Waals surface area contributed by atoms with Crippen LogP contribution in [0.1, 0.15) is 18.4 Å². The zero-order valence-corrected chi connectivity index (χ0v) is 10.9. The molecule has 2 rings (SSSR count). The van der Waals surface area contributed by atoms with Crippen LogP contribution < -0.4 is 4.74 Å². The number of carbonyl (C=O) groups is 2. The molecule has 0 heterocycles. The highest BCUT2D eigenvalue weighted by atomic mass is 35.5. The fraction of sp³-hybridized carbons (Fsp3) is 0.385. The number of ketones is 1. The second-order valence-corrected chi connectivity index (χ2v) is 4.75. The fourth-order valence-corrected chi connectivity index (χ4v) is 2.49. The molecule has 0 radical (unpaired) electrons. The molecule has 0 spiro atoms. The lowest BCUT2D eigenvalue weighted by molar-refractivity contribution is -0.156. The van der Waals surface area contributed by atoms with E-state index in [1.807, 2.05) is 0 Å². The van der Waals surface area contributed by atoms with E-state index >= 15 is 0 Å². The Kier molecular flexibility index (Phi) is 3.30. The van der Waals surface area contributed by atoms with Gasteiger partial charge in [0.2, 0.25) is 0 Å². The lowest BCUT2D eigenvalue weighted by Gasteiger charge is -2.38. The smallest absolute Gasteiger partial charge is 0.317 e. The molecule has 1 saturated carbocycles. The number of rotatable bonds is 3. The highest BCUT2D eigenvalue weighted by Gasteiger charge is 2.53. The van der Waals surface area contributed by atoms with Crippen molar-refractivity contribution in [3.63, 3.8) is 0 Å². The maximum Gasteiger partial charge on any atom is 0.317 e. The average molecular weight is 269 g/mol. The van der Waals surface area contributed by atoms with Crippen LogP contribution in [-0.4, -0.2) is 26.0 Å². The predicted molar refractivity (Wildman–Crippen MR) is 65.9 cm³/mol. The van der Waals surface area contributed by atoms with Crippen LogP contribution in [-0.2, 0) is 19.7 Å². The van der Waals surface area contributed by atoms with E-state index < -0.39 is 11.4 Å². The third-order valence-electron chi connectivity index (χ3n) is 3.25. The minimum Gasteiger partial charge on any atom is -0.496 e. The number of halogens is 1. The number of methoxy groups -OCH3 is 2. The number of hydrogen-bond acceptors (Lipinski definition) is 4. The van der Waals surface area contributed by atoms with Gasteiger partial charge in [0.15, 0.2) is 0 Å². The number of benzene rings is 1. The summed E-state index contributed by atoms with van der Waals surface area (Å²) in [7, 11) is 2.82. The summed E-state index contributed by atoms with van der Waals surface area (Å²) in [5.41, 5.74) is -0.328. The first kappa shape index (κ1) is 12.9. The monoisotopic (exact) mass is 268 g/mol. The Balaban J connectivity index is 2.53. The lowest BCUT2D eigenvalue weighted by atomic mass is 9.63. The summed E-state index contributed by atoms with van der Waals surface area (Å²) in [5, 5.41) is 0.494. The summed E-state index contributed by atoms with van der Waals surface area (Å²) in [6, 6.07) is 5.02. The van der Waals surface area contributed by atoms with Gasteiger partial charge in [0.25, 0.3) is 0 Å². The van der Waals surface area contributed by atoms with Crippen LogP contribution in [0.15, 0.2) is 18.2 Å². The van der Waals surface area contributed by atoms with Gasteiger partial charge in [-0.2, -0.15) is 0 Å². The number of ether oxygens (including phenoxy) is 2. The van der Waals surface area contributed by atoms with Crippen molar-refractivity contribution in [2.45, 2.75) is 18.3 Å². The molecule has 0 aliphatic heterocycles. The van der Waals surface area contributed by atoms with E-state index in [0.717, 1.165) is 0 Å². The van der Waals surface area contributed by atoms with E-state index in [1.54, 1.807) is 18.2 Å². The van der Waals surface area contributed by atoms with Gasteiger partial charge in [0.05, 0.1) is 14.2 Å². The van der Waals surface area contributed by atoms with Gasteiger partial charge < -0.3 is 9.47 Å². The van der Waals surface area contributed by atoms with Crippen LogP contribution in [0.4, 0.5) is 0 Å². The van der Waals surface area contributed by atoms with Gasteiger partial charge in [-0.25, -0.2) is 0 Å². The normalized spacial score (nSPS) is 16.9. The van der Waals surface area contributed by atoms with Gasteiger partial charge >= 0.3 is 5.97 Å². The van der Waals surface area contributed by atoms with Crippen molar-refractivity contribution in [2.24, 2.45) is 0 Å². The van der Waals surface area contributed by atoms with Crippen molar-refractivity contribution < 1.29 is 19.1 Å². The van der Waals surface area contributed by atoms with E-state index in [-0.39, 0.29) is 18.6 Å². The first-order valence-electron chi connectivity index (χ1n) is 5.47. The summed E-state index contributed by atoms with van der Waals surface area (Å²) in [6.07, 6.45) is 0.271. The number of esters is 1. The summed E-state index contributed by atoms with van der Waals surface area (Å²) in [5.74, 6) is 0.141. The van der Waals surface area contributed by atoms with Crippen molar-refractivity contribution in [3.05, 3.63) is 28.8 Å². The van der Waals surface area contributed by atoms with Crippen molar-refractivity contribution in [2.75, 3.05) is 14.2 Å². The fourth-order valence-electron chi connectivity index (χ4n) is 2.32. The van der Waals surface area contributed by atoms with Crippen LogP contribution in [0.25, 0.3) is 0 Å². The van der Waals surface area contributed by atoms with Gasteiger partial charge in [-0.1, -0.05) is 11.6 Å². The maximum absolute atomic E-state index is 12.0. The molecule has 0 unspecified atom stereocenters. The summed E-state index contributed by atoms with van der Waals surface area (Å²) >= 11 is 5.95. The quantitative estimate of drug-likeness (QED) is 0.788. The van der Waals surface area contributed by atoms with Crippen LogP contribution in [0, 0.1) is 0 Å². The molecule has 0 saturated heterocycles. The standard InChI is InChI=1S/C13H13ClO4/c1-17-11-4-3-8(14)5-10(11)13(12(16)18-2)6-9(15)7-13/h3-5H,6-7H2,1-2H3. The molecule has 18 heavy (non-hydrogen) atoms. The minimum absolute atomic E-state index is 0.0300. The summed E-state index contributed by atoms with van der Waals surface area (Å²) in [6.45, 7) is 0. The number of carbonyl (C=O) groups excluding carboxylic acids is 2. The SMILES string of the molecule is COC(=O)C1(c2cc(Cl)ccc2OC)CC(=O)C1. The molecule has 1 aliphatic carbocycles. The van der Waals surface area contributed by atoms with Gasteiger partial charge in [0, 0.05) is 23.4 Å². The third-order valence-corrected chi connectivity index (χ3v) is 3.49. The number of Topliss-reactive ketones (excluding diaryl/α,β-unsaturated/α-hetero) is 1. The van der Waals surface area contributed by atoms with Crippen molar-refractivity contribution in [3.8, 4) is 5.75 Å². The molecule has 1 aliphatic rings. The third kappa shape index (κ3) is 1.86. The Morgan fingerprint density at radius 2 is 2.00 bits per heavy atom. The van der Waals surface area contributed by atoms with Gasteiger partial charge in [-0.05, 0) is 18.2 Å². The van der Waals surface area contributed by atoms with Crippen molar-refractivity contribution >= 4 is 23.4 Å². The largest absolute Gasteiger partial charge is 0.496 e. The Morgan fingerprint density at radius 1 is 1.33 bits per heavy atom. The molecule has 5 heteroatoms. The second-order valence-electron chi connectivity index (χ2n) is 4.31. The molecule has 0 amide bonds. The first-order valence-corrected chi connectivity index (χ1v) is 5.85. The molecule has 0 bridgehead atoms. The molecule has 4 nitrogen and oxygen atoms in total. The van der Waals surface area contributed by atoms with E-state index in [4.69, 9.17) is 21.1 Å². The first-order chi connectivity index (χ1) is 8.53. The number of hydrogen-bond donors (Lipinski definition) is 0. The molecule has 1 fully saturated rings. The van der Waals surface area contributed by atoms with Crippen LogP contribution in [0.5, 0.6) is 5.75 Å². The van der Waals surface area contributed by atoms with Gasteiger partial charge in [-0.3, -0.25) is 9.59 Å². The highest BCUT2D eigenvalue weighted by Crippen LogP contribution is 2.46. The van der Waals surface area contributed by atoms with Crippen molar-refractivity contribution in [1.29, 1.82) is 0 Å². The zero-order chi connectivity index (χ0) is 13.3. The average Bonchev–Trinajstić information content (AvgIpc) is 2.33. The van der Waals surface area contributed by atoms with Gasteiger partial charge in [0.1, 0.15) is 16.9 Å². The van der Waals surface area contributed by atoms with Gasteiger partial charge in [-0.15, -0.1) is 0 Å². The molecule has 1 aromatic rings. The highest BCUT2D eigenvalue weighted by molar-refractivity contribution is 6.30. The van der Waals surface area contributed by atoms with E-state index in [2.05, 4.69) is 0 Å². The second kappa shape index (κ2) is 4.61. The van der Waals surface area contributed by atoms with Crippen LogP contribution in [0.2, 0.25) is 5.02 Å². The molecule has 0 aromatic heterocycles. The zero-order valence-electron chi connectivity index (χ0n) is 10.2. The van der Waals surface area contributed by atoms with E-state index in [1.165, 1.54) is 14.2 Å². The van der Waals surface area contributed by atoms with E-state index in [0.29, 0.717) is 16.3 Å². The van der Waals surface area contributed by atoms with E-state index in [9.17, 15) is 9.59 Å². The molecule has 96 valence electrons. The molecule has 0 N–H and O–H groups in total. The topological polar surface area (TPSA) is 52.6 Å². The minimum atomic E-state index is -0.942. The Hall–Kier alpha value is -1.55. The molecule has 0 atom stereocenters. The lowest BCUT2D eigenvalue weighted by Crippen LogP contribution is -2.49. The summed E-state index contributed by atoms with van der Waals surface area (Å²) < 4.78 is 10.0. The predicted octanol–water partition coefficient (Wildman–Crippen LogP) is 2.12. The van der Waals surface area contributed by atoms with Crippen LogP contribution in [0.3, 0.4) is 0 Å². The molecule has 1 aromatic carbocycles. The Morgan fingerprint density at radius 3 is 2.50 bits per heavy atom. The molecular formula is C13H13ClO4. The Labute approximate surface area is 110 Å². The Bertz CT molecular complexity index is 502. The maximum atomic E-state index is 12.0. The van der Waals surface area contributed by atoms with Crippen molar-refractivity contribution in [1.82, 2.24) is 0 Å².